The summed E-state index contributed by atoms with van der Waals surface area (Å²) in [5, 5.41) is 8.98. The Morgan fingerprint density at radius 3 is 2.76 bits per heavy atom. The summed E-state index contributed by atoms with van der Waals surface area (Å²) >= 11 is 3.04. The lowest BCUT2D eigenvalue weighted by atomic mass is 10.1. The van der Waals surface area contributed by atoms with Gasteiger partial charge in [0.2, 0.25) is 5.91 Å². The second kappa shape index (κ2) is 7.79. The molecule has 2 heterocycles. The summed E-state index contributed by atoms with van der Waals surface area (Å²) in [5.74, 6) is -0.373. The predicted octanol–water partition coefficient (Wildman–Crippen LogP) is 3.29. The predicted molar refractivity (Wildman–Crippen MR) is 101 cm³/mol. The third-order valence-electron chi connectivity index (χ3n) is 3.70. The first kappa shape index (κ1) is 17.6. The van der Waals surface area contributed by atoms with Gasteiger partial charge in [-0.2, -0.15) is 5.10 Å². The standard InChI is InChI=1S/C17H18N4O2S2/c1-11-16(24-2)25-17(18-11)19-15(23)13-8-9-14(22)21(20-13)10-12-6-4-3-5-7-12/h3-7H,8-10H2,1-2H3,(H,18,19,23). The smallest absolute Gasteiger partial charge is 0.273 e. The summed E-state index contributed by atoms with van der Waals surface area (Å²) in [4.78, 5) is 28.9. The number of carbonyl (C=O) groups excluding carboxylic acids is 2. The van der Waals surface area contributed by atoms with Gasteiger partial charge in [0.15, 0.2) is 5.13 Å². The molecule has 6 nitrogen and oxygen atoms in total. The Kier molecular flexibility index (Phi) is 5.50. The number of hydrazone groups is 1. The monoisotopic (exact) mass is 374 g/mol. The quantitative estimate of drug-likeness (QED) is 0.815. The molecule has 0 fully saturated rings. The lowest BCUT2D eigenvalue weighted by Gasteiger charge is -2.23. The summed E-state index contributed by atoms with van der Waals surface area (Å²) in [6, 6.07) is 9.60. The van der Waals surface area contributed by atoms with Crippen LogP contribution in [0.25, 0.3) is 0 Å². The number of carbonyl (C=O) groups is 2. The van der Waals surface area contributed by atoms with Crippen LogP contribution in [0.2, 0.25) is 0 Å². The van der Waals surface area contributed by atoms with Crippen molar-refractivity contribution in [3.63, 3.8) is 0 Å². The van der Waals surface area contributed by atoms with E-state index in [4.69, 9.17) is 0 Å². The van der Waals surface area contributed by atoms with Crippen molar-refractivity contribution < 1.29 is 9.59 Å². The number of nitrogens with one attached hydrogen (secondary N) is 1. The molecule has 2 aromatic rings. The van der Waals surface area contributed by atoms with E-state index >= 15 is 0 Å². The third kappa shape index (κ3) is 4.26. The van der Waals surface area contributed by atoms with E-state index in [1.165, 1.54) is 16.3 Å². The number of thioether (sulfide) groups is 1. The van der Waals surface area contributed by atoms with E-state index in [-0.39, 0.29) is 18.2 Å². The van der Waals surface area contributed by atoms with Crippen molar-refractivity contribution in [2.45, 2.75) is 30.5 Å². The molecular weight excluding hydrogens is 356 g/mol. The van der Waals surface area contributed by atoms with E-state index in [1.54, 1.807) is 11.8 Å². The first-order valence-electron chi connectivity index (χ1n) is 7.81. The number of aryl methyl sites for hydroxylation is 1. The van der Waals surface area contributed by atoms with Gasteiger partial charge in [-0.05, 0) is 18.7 Å². The van der Waals surface area contributed by atoms with E-state index in [0.29, 0.717) is 23.8 Å². The molecule has 0 bridgehead atoms. The normalized spacial score (nSPS) is 14.4. The van der Waals surface area contributed by atoms with Crippen LogP contribution >= 0.6 is 23.1 Å². The second-order valence-corrected chi connectivity index (χ2v) is 7.61. The second-order valence-electron chi connectivity index (χ2n) is 5.53. The Hall–Kier alpha value is -2.19. The van der Waals surface area contributed by atoms with E-state index in [0.717, 1.165) is 15.5 Å². The molecule has 25 heavy (non-hydrogen) atoms. The maximum absolute atomic E-state index is 12.5. The van der Waals surface area contributed by atoms with E-state index in [9.17, 15) is 9.59 Å². The van der Waals surface area contributed by atoms with Gasteiger partial charge in [-0.1, -0.05) is 41.7 Å². The minimum Gasteiger partial charge on any atom is -0.297 e. The first-order valence-corrected chi connectivity index (χ1v) is 9.85. The topological polar surface area (TPSA) is 74.7 Å². The fraction of sp³-hybridized carbons (Fsp3) is 0.294. The number of nitrogens with zero attached hydrogens (tertiary/aromatic N) is 3. The van der Waals surface area contributed by atoms with Crippen molar-refractivity contribution in [2.24, 2.45) is 5.10 Å². The fourth-order valence-electron chi connectivity index (χ4n) is 2.44. The lowest BCUT2D eigenvalue weighted by Crippen LogP contribution is -2.36. The molecule has 0 atom stereocenters. The highest BCUT2D eigenvalue weighted by Crippen LogP contribution is 2.30. The molecule has 8 heteroatoms. The van der Waals surface area contributed by atoms with Gasteiger partial charge in [-0.25, -0.2) is 9.99 Å². The van der Waals surface area contributed by atoms with Gasteiger partial charge in [0.25, 0.3) is 5.91 Å². The molecule has 0 unspecified atom stereocenters. The SMILES string of the molecule is CSc1sc(NC(=O)C2=NN(Cc3ccccc3)C(=O)CC2)nc1C. The number of anilines is 1. The molecule has 2 amide bonds. The maximum atomic E-state index is 12.5. The number of amides is 2. The van der Waals surface area contributed by atoms with Crippen molar-refractivity contribution >= 4 is 45.8 Å². The van der Waals surface area contributed by atoms with Crippen LogP contribution in [-0.4, -0.2) is 33.8 Å². The maximum Gasteiger partial charge on any atom is 0.273 e. The van der Waals surface area contributed by atoms with Crippen LogP contribution in [0.1, 0.15) is 24.1 Å². The number of hydrogen-bond acceptors (Lipinski definition) is 6. The Bertz CT molecular complexity index is 817. The van der Waals surface area contributed by atoms with Gasteiger partial charge >= 0.3 is 0 Å². The fourth-order valence-corrected chi connectivity index (χ4v) is 4.05. The number of benzene rings is 1. The van der Waals surface area contributed by atoms with E-state index in [2.05, 4.69) is 15.4 Å². The molecule has 1 aromatic heterocycles. The molecule has 0 spiro atoms. The summed E-state index contributed by atoms with van der Waals surface area (Å²) < 4.78 is 1.07. The van der Waals surface area contributed by atoms with Gasteiger partial charge in [-0.15, -0.1) is 11.8 Å². The molecule has 1 aliphatic rings. The zero-order valence-corrected chi connectivity index (χ0v) is 15.6. The Labute approximate surface area is 154 Å². The van der Waals surface area contributed by atoms with Crippen LogP contribution in [0.5, 0.6) is 0 Å². The molecule has 0 aliphatic carbocycles. The van der Waals surface area contributed by atoms with Crippen molar-refractivity contribution in [3.8, 4) is 0 Å². The van der Waals surface area contributed by atoms with Crippen LogP contribution < -0.4 is 5.32 Å². The van der Waals surface area contributed by atoms with Crippen LogP contribution in [0.3, 0.4) is 0 Å². The van der Waals surface area contributed by atoms with Crippen molar-refractivity contribution in [1.29, 1.82) is 0 Å². The van der Waals surface area contributed by atoms with E-state index in [1.807, 2.05) is 43.5 Å². The third-order valence-corrected chi connectivity index (χ3v) is 5.99. The number of hydrogen-bond donors (Lipinski definition) is 1. The molecule has 1 aromatic carbocycles. The van der Waals surface area contributed by atoms with Gasteiger partial charge in [0.05, 0.1) is 16.4 Å². The molecule has 3 rings (SSSR count). The van der Waals surface area contributed by atoms with Crippen molar-refractivity contribution in [3.05, 3.63) is 41.6 Å². The Balaban J connectivity index is 1.72. The molecule has 1 N–H and O–H groups in total. The molecule has 130 valence electrons. The molecule has 0 saturated carbocycles. The van der Waals surface area contributed by atoms with Crippen LogP contribution in [0.15, 0.2) is 39.6 Å². The Morgan fingerprint density at radius 2 is 2.08 bits per heavy atom. The molecule has 0 radical (unpaired) electrons. The van der Waals surface area contributed by atoms with E-state index < -0.39 is 0 Å². The minimum atomic E-state index is -0.299. The lowest BCUT2D eigenvalue weighted by molar-refractivity contribution is -0.132. The molecular formula is C17H18N4O2S2. The van der Waals surface area contributed by atoms with Crippen molar-refractivity contribution in [2.75, 3.05) is 11.6 Å². The zero-order valence-electron chi connectivity index (χ0n) is 14.0. The summed E-state index contributed by atoms with van der Waals surface area (Å²) in [7, 11) is 0. The van der Waals surface area contributed by atoms with Gasteiger partial charge in [0.1, 0.15) is 5.71 Å². The minimum absolute atomic E-state index is 0.0739. The van der Waals surface area contributed by atoms with Gasteiger partial charge in [0, 0.05) is 12.8 Å². The number of rotatable bonds is 5. The zero-order chi connectivity index (χ0) is 17.8. The molecule has 0 saturated heterocycles. The number of thiazole rings is 1. The average Bonchev–Trinajstić information content (AvgIpc) is 2.97. The summed E-state index contributed by atoms with van der Waals surface area (Å²) in [6.07, 6.45) is 2.60. The largest absolute Gasteiger partial charge is 0.297 e. The van der Waals surface area contributed by atoms with Crippen LogP contribution in [0.4, 0.5) is 5.13 Å². The first-order chi connectivity index (χ1) is 12.1. The highest BCUT2D eigenvalue weighted by atomic mass is 32.2. The highest BCUT2D eigenvalue weighted by molar-refractivity contribution is 8.00. The van der Waals surface area contributed by atoms with Gasteiger partial charge < -0.3 is 0 Å². The number of aromatic nitrogens is 1. The van der Waals surface area contributed by atoms with Gasteiger partial charge in [-0.3, -0.25) is 14.9 Å². The Morgan fingerprint density at radius 1 is 1.32 bits per heavy atom. The average molecular weight is 374 g/mol. The summed E-state index contributed by atoms with van der Waals surface area (Å²) in [6.45, 7) is 2.28. The van der Waals surface area contributed by atoms with Crippen LogP contribution in [0, 0.1) is 6.92 Å². The summed E-state index contributed by atoms with van der Waals surface area (Å²) in [5.41, 5.74) is 2.23. The molecule has 1 aliphatic heterocycles. The van der Waals surface area contributed by atoms with Crippen molar-refractivity contribution in [1.82, 2.24) is 9.99 Å². The highest BCUT2D eigenvalue weighted by Gasteiger charge is 2.25. The van der Waals surface area contributed by atoms with Crippen LogP contribution in [-0.2, 0) is 16.1 Å².